The molecule has 0 aliphatic heterocycles. The molecule has 1 amide bonds. The zero-order valence-electron chi connectivity index (χ0n) is 16.9. The fourth-order valence-corrected chi connectivity index (χ4v) is 3.48. The van der Waals surface area contributed by atoms with Crippen molar-refractivity contribution in [1.82, 2.24) is 14.5 Å². The normalized spacial score (nSPS) is 10.9. The molecule has 2 heterocycles. The zero-order valence-corrected chi connectivity index (χ0v) is 16.9. The van der Waals surface area contributed by atoms with E-state index in [1.165, 1.54) is 5.56 Å². The van der Waals surface area contributed by atoms with Gasteiger partial charge in [-0.15, -0.1) is 0 Å². The molecule has 0 bridgehead atoms. The molecule has 0 saturated heterocycles. The molecule has 4 rings (SSSR count). The first-order chi connectivity index (χ1) is 14.5. The van der Waals surface area contributed by atoms with Gasteiger partial charge in [0.05, 0.1) is 11.0 Å². The first-order valence-corrected chi connectivity index (χ1v) is 9.85. The Morgan fingerprint density at radius 3 is 2.40 bits per heavy atom. The zero-order chi connectivity index (χ0) is 21.1. The van der Waals surface area contributed by atoms with Crippen molar-refractivity contribution in [2.75, 3.05) is 5.32 Å². The lowest BCUT2D eigenvalue weighted by atomic mass is 10.1. The van der Waals surface area contributed by atoms with Crippen LogP contribution in [0.15, 0.2) is 71.8 Å². The van der Waals surface area contributed by atoms with Crippen LogP contribution in [0.1, 0.15) is 34.1 Å². The second-order valence-electron chi connectivity index (χ2n) is 7.13. The summed E-state index contributed by atoms with van der Waals surface area (Å²) in [5.41, 5.74) is 5.24. The minimum absolute atomic E-state index is 0.103. The Labute approximate surface area is 174 Å². The highest BCUT2D eigenvalue weighted by molar-refractivity contribution is 6.05. The van der Waals surface area contributed by atoms with E-state index in [2.05, 4.69) is 15.3 Å². The van der Waals surface area contributed by atoms with Gasteiger partial charge in [-0.1, -0.05) is 12.1 Å². The van der Waals surface area contributed by atoms with Gasteiger partial charge in [0.1, 0.15) is 5.69 Å². The van der Waals surface area contributed by atoms with E-state index >= 15 is 0 Å². The summed E-state index contributed by atoms with van der Waals surface area (Å²) in [5.74, 6) is -0.215. The van der Waals surface area contributed by atoms with E-state index in [1.54, 1.807) is 42.1 Å². The summed E-state index contributed by atoms with van der Waals surface area (Å²) < 4.78 is 1.67. The van der Waals surface area contributed by atoms with Gasteiger partial charge in [0.25, 0.3) is 11.5 Å². The maximum Gasteiger partial charge on any atom is 0.272 e. The molecule has 0 unspecified atom stereocenters. The van der Waals surface area contributed by atoms with E-state index in [0.717, 1.165) is 23.2 Å². The Balaban J connectivity index is 1.53. The number of aryl methyl sites for hydroxylation is 2. The summed E-state index contributed by atoms with van der Waals surface area (Å²) in [6, 6.07) is 17.0. The number of aromatic nitrogens is 3. The molecule has 6 nitrogen and oxygen atoms in total. The van der Waals surface area contributed by atoms with Gasteiger partial charge in [-0.2, -0.15) is 0 Å². The molecule has 0 spiro atoms. The first-order valence-electron chi connectivity index (χ1n) is 9.85. The van der Waals surface area contributed by atoms with Crippen LogP contribution in [0.2, 0.25) is 0 Å². The van der Waals surface area contributed by atoms with Gasteiger partial charge in [-0.3, -0.25) is 14.6 Å². The van der Waals surface area contributed by atoms with Gasteiger partial charge in [-0.05, 0) is 73.9 Å². The lowest BCUT2D eigenvalue weighted by Crippen LogP contribution is -2.23. The van der Waals surface area contributed by atoms with Crippen molar-refractivity contribution >= 4 is 22.6 Å². The fourth-order valence-electron chi connectivity index (χ4n) is 3.48. The largest absolute Gasteiger partial charge is 0.322 e. The molecule has 6 heteroatoms. The smallest absolute Gasteiger partial charge is 0.272 e. The number of carbonyl (C=O) groups excluding carboxylic acids is 1. The maximum atomic E-state index is 12.7. The van der Waals surface area contributed by atoms with Gasteiger partial charge in [0.15, 0.2) is 0 Å². The minimum atomic E-state index is -0.215. The maximum absolute atomic E-state index is 12.7. The van der Waals surface area contributed by atoms with E-state index in [0.29, 0.717) is 23.3 Å². The molecule has 2 aromatic carbocycles. The molecule has 150 valence electrons. The molecule has 30 heavy (non-hydrogen) atoms. The quantitative estimate of drug-likeness (QED) is 0.552. The van der Waals surface area contributed by atoms with Crippen LogP contribution >= 0.6 is 0 Å². The Bertz CT molecular complexity index is 1260. The third kappa shape index (κ3) is 3.98. The molecule has 4 aromatic rings. The number of benzene rings is 2. The van der Waals surface area contributed by atoms with Gasteiger partial charge >= 0.3 is 0 Å². The summed E-state index contributed by atoms with van der Waals surface area (Å²) in [6.07, 6.45) is 4.37. The molecule has 0 radical (unpaired) electrons. The highest BCUT2D eigenvalue weighted by Crippen LogP contribution is 2.17. The van der Waals surface area contributed by atoms with Crippen LogP contribution in [0.5, 0.6) is 0 Å². The second-order valence-corrected chi connectivity index (χ2v) is 7.13. The first kappa shape index (κ1) is 19.5. The molecule has 0 aliphatic rings. The highest BCUT2D eigenvalue weighted by Gasteiger charge is 2.11. The summed E-state index contributed by atoms with van der Waals surface area (Å²) in [5, 5.41) is 2.92. The second kappa shape index (κ2) is 8.29. The SMILES string of the molecule is CCn1c(=O)c(C)nc2cc(C(=O)Nc3ccc(Cc4ccncc4)cc3)ccc21. The summed E-state index contributed by atoms with van der Waals surface area (Å²) in [4.78, 5) is 33.4. The van der Waals surface area contributed by atoms with Crippen molar-refractivity contribution in [3.05, 3.63) is 99.7 Å². The van der Waals surface area contributed by atoms with Crippen molar-refractivity contribution in [3.8, 4) is 0 Å². The van der Waals surface area contributed by atoms with Gasteiger partial charge in [0, 0.05) is 30.2 Å². The molecular weight excluding hydrogens is 376 g/mol. The summed E-state index contributed by atoms with van der Waals surface area (Å²) in [6.45, 7) is 4.16. The molecule has 0 fully saturated rings. The predicted octanol–water partition coefficient (Wildman–Crippen LogP) is 3.96. The number of anilines is 1. The van der Waals surface area contributed by atoms with Crippen molar-refractivity contribution < 1.29 is 4.79 Å². The molecular formula is C24H22N4O2. The lowest BCUT2D eigenvalue weighted by Gasteiger charge is -2.11. The molecule has 0 aliphatic carbocycles. The van der Waals surface area contributed by atoms with Crippen molar-refractivity contribution in [3.63, 3.8) is 0 Å². The van der Waals surface area contributed by atoms with E-state index < -0.39 is 0 Å². The lowest BCUT2D eigenvalue weighted by molar-refractivity contribution is 0.102. The summed E-state index contributed by atoms with van der Waals surface area (Å²) in [7, 11) is 0. The summed E-state index contributed by atoms with van der Waals surface area (Å²) >= 11 is 0. The third-order valence-corrected chi connectivity index (χ3v) is 5.06. The van der Waals surface area contributed by atoms with Crippen LogP contribution in [-0.4, -0.2) is 20.4 Å². The minimum Gasteiger partial charge on any atom is -0.322 e. The van der Waals surface area contributed by atoms with E-state index in [-0.39, 0.29) is 11.5 Å². The topological polar surface area (TPSA) is 76.9 Å². The third-order valence-electron chi connectivity index (χ3n) is 5.06. The van der Waals surface area contributed by atoms with Gasteiger partial charge in [0.2, 0.25) is 0 Å². The van der Waals surface area contributed by atoms with Crippen molar-refractivity contribution in [2.45, 2.75) is 26.8 Å². The predicted molar refractivity (Wildman–Crippen MR) is 118 cm³/mol. The monoisotopic (exact) mass is 398 g/mol. The average molecular weight is 398 g/mol. The van der Waals surface area contributed by atoms with Gasteiger partial charge < -0.3 is 9.88 Å². The Morgan fingerprint density at radius 1 is 1.00 bits per heavy atom. The highest BCUT2D eigenvalue weighted by atomic mass is 16.1. The Hall–Kier alpha value is -3.80. The molecule has 0 saturated carbocycles. The number of carbonyl (C=O) groups is 1. The van der Waals surface area contributed by atoms with Crippen molar-refractivity contribution in [1.29, 1.82) is 0 Å². The molecule has 0 atom stereocenters. The number of nitrogens with zero attached hydrogens (tertiary/aromatic N) is 3. The van der Waals surface area contributed by atoms with Crippen LogP contribution < -0.4 is 10.9 Å². The van der Waals surface area contributed by atoms with E-state index in [1.807, 2.05) is 43.3 Å². The number of nitrogens with one attached hydrogen (secondary N) is 1. The molecule has 2 aromatic heterocycles. The fraction of sp³-hybridized carbons (Fsp3) is 0.167. The molecule has 1 N–H and O–H groups in total. The van der Waals surface area contributed by atoms with Gasteiger partial charge in [-0.25, -0.2) is 4.98 Å². The van der Waals surface area contributed by atoms with E-state index in [4.69, 9.17) is 0 Å². The number of hydrogen-bond donors (Lipinski definition) is 1. The standard InChI is InChI=1S/C24H22N4O2/c1-3-28-22-9-6-19(15-21(22)26-16(2)24(28)30)23(29)27-20-7-4-17(5-8-20)14-18-10-12-25-13-11-18/h4-13,15H,3,14H2,1-2H3,(H,27,29). The number of fused-ring (bicyclic) bond motifs is 1. The van der Waals surface area contributed by atoms with Crippen LogP contribution in [0.25, 0.3) is 11.0 Å². The number of rotatable bonds is 5. The van der Waals surface area contributed by atoms with Crippen molar-refractivity contribution in [2.24, 2.45) is 0 Å². The Kier molecular flexibility index (Phi) is 5.39. The number of amides is 1. The van der Waals surface area contributed by atoms with Crippen LogP contribution in [0.3, 0.4) is 0 Å². The average Bonchev–Trinajstić information content (AvgIpc) is 2.76. The van der Waals surface area contributed by atoms with Crippen LogP contribution in [0, 0.1) is 6.92 Å². The van der Waals surface area contributed by atoms with Crippen LogP contribution in [0.4, 0.5) is 5.69 Å². The number of pyridine rings is 1. The number of hydrogen-bond acceptors (Lipinski definition) is 4. The van der Waals surface area contributed by atoms with E-state index in [9.17, 15) is 9.59 Å². The Morgan fingerprint density at radius 2 is 1.70 bits per heavy atom. The van der Waals surface area contributed by atoms with Crippen LogP contribution in [-0.2, 0) is 13.0 Å².